The summed E-state index contributed by atoms with van der Waals surface area (Å²) in [6.07, 6.45) is 11.5. The minimum absolute atomic E-state index is 0.0492. The molecular formula is C33H42FN3O3. The highest BCUT2D eigenvalue weighted by Gasteiger charge is 2.41. The van der Waals surface area contributed by atoms with Gasteiger partial charge in [0, 0.05) is 36.8 Å². The summed E-state index contributed by atoms with van der Waals surface area (Å²) in [5.74, 6) is -0.326. The second-order valence-electron chi connectivity index (χ2n) is 11.4. The molecule has 3 atom stereocenters. The largest absolute Gasteiger partial charge is 0.482 e. The molecule has 0 spiro atoms. The van der Waals surface area contributed by atoms with Gasteiger partial charge in [-0.25, -0.2) is 4.39 Å². The second kappa shape index (κ2) is 13.4. The molecule has 3 aliphatic rings. The van der Waals surface area contributed by atoms with E-state index in [9.17, 15) is 14.0 Å². The average molecular weight is 548 g/mol. The van der Waals surface area contributed by atoms with Gasteiger partial charge in [0.25, 0.3) is 11.8 Å². The van der Waals surface area contributed by atoms with E-state index in [0.29, 0.717) is 23.7 Å². The maximum Gasteiger partial charge on any atom is 0.289 e. The number of nitrogens with zero attached hydrogens (tertiary/aromatic N) is 2. The van der Waals surface area contributed by atoms with Crippen molar-refractivity contribution in [3.8, 4) is 0 Å². The molecular weight excluding hydrogens is 505 g/mol. The fourth-order valence-corrected chi connectivity index (χ4v) is 6.46. The number of carbonyl (C=O) groups excluding carboxylic acids is 2. The zero-order valence-electron chi connectivity index (χ0n) is 23.6. The maximum absolute atomic E-state index is 14.4. The van der Waals surface area contributed by atoms with Crippen LogP contribution in [0.1, 0.15) is 86.2 Å². The first-order valence-corrected chi connectivity index (χ1v) is 15.1. The van der Waals surface area contributed by atoms with Crippen LogP contribution < -0.4 is 5.32 Å². The van der Waals surface area contributed by atoms with E-state index in [-0.39, 0.29) is 42.1 Å². The quantitative estimate of drug-likeness (QED) is 0.313. The molecule has 5 rings (SSSR count). The Hall–Kier alpha value is -3.19. The van der Waals surface area contributed by atoms with E-state index in [2.05, 4.69) is 17.1 Å². The normalized spacial score (nSPS) is 24.4. The van der Waals surface area contributed by atoms with Crippen molar-refractivity contribution in [1.82, 2.24) is 15.1 Å². The van der Waals surface area contributed by atoms with Crippen molar-refractivity contribution in [3.63, 3.8) is 0 Å². The third-order valence-electron chi connectivity index (χ3n) is 8.72. The lowest BCUT2D eigenvalue weighted by Gasteiger charge is -2.44. The molecule has 40 heavy (non-hydrogen) atoms. The molecule has 2 aromatic carbocycles. The van der Waals surface area contributed by atoms with Gasteiger partial charge in [0.05, 0.1) is 6.04 Å². The Labute approximate surface area is 237 Å². The summed E-state index contributed by atoms with van der Waals surface area (Å²) in [5.41, 5.74) is 1.89. The third-order valence-corrected chi connectivity index (χ3v) is 8.72. The van der Waals surface area contributed by atoms with Crippen molar-refractivity contribution in [2.75, 3.05) is 19.6 Å². The van der Waals surface area contributed by atoms with Crippen molar-refractivity contribution in [3.05, 3.63) is 76.8 Å². The lowest BCUT2D eigenvalue weighted by molar-refractivity contribution is -0.149. The van der Waals surface area contributed by atoms with Gasteiger partial charge in [0.1, 0.15) is 11.9 Å². The van der Waals surface area contributed by atoms with Gasteiger partial charge >= 0.3 is 0 Å². The van der Waals surface area contributed by atoms with Crippen LogP contribution >= 0.6 is 0 Å². The molecule has 7 heteroatoms. The van der Waals surface area contributed by atoms with E-state index in [1.54, 1.807) is 41.3 Å². The number of benzene rings is 2. The van der Waals surface area contributed by atoms with Crippen molar-refractivity contribution in [2.24, 2.45) is 0 Å². The number of amides is 2. The summed E-state index contributed by atoms with van der Waals surface area (Å²) >= 11 is 0. The summed E-state index contributed by atoms with van der Waals surface area (Å²) in [4.78, 5) is 30.6. The zero-order chi connectivity index (χ0) is 27.9. The fourth-order valence-electron chi connectivity index (χ4n) is 6.46. The predicted octanol–water partition coefficient (Wildman–Crippen LogP) is 5.92. The summed E-state index contributed by atoms with van der Waals surface area (Å²) < 4.78 is 20.6. The van der Waals surface area contributed by atoms with Gasteiger partial charge in [-0.2, -0.15) is 0 Å². The average Bonchev–Trinajstić information content (AvgIpc) is 2.99. The summed E-state index contributed by atoms with van der Waals surface area (Å²) in [6, 6.07) is 14.5. The molecule has 2 aliphatic heterocycles. The molecule has 2 heterocycles. The standard InChI is InChI=1S/C33H42FN3O3/c1-2-27-11-7-8-20-36(27)21-9-19-35-32(38)25-17-15-24(16-18-25)22-31-33(39)37(23-26-10-3-4-12-28(26)34)29-13-5-6-14-30(29)40-31/h3-4,10,12,15-18,22,27,29-30H,2,5-9,11,13-14,19-21,23H2,1H3,(H,35,38)/b31-22-. The van der Waals surface area contributed by atoms with E-state index < -0.39 is 0 Å². The van der Waals surface area contributed by atoms with Gasteiger partial charge in [-0.3, -0.25) is 9.59 Å². The molecule has 6 nitrogen and oxygen atoms in total. The Balaban J connectivity index is 1.20. The number of ether oxygens (including phenoxy) is 1. The third kappa shape index (κ3) is 6.74. The number of hydrogen-bond acceptors (Lipinski definition) is 4. The lowest BCUT2D eigenvalue weighted by atomic mass is 9.89. The van der Waals surface area contributed by atoms with Gasteiger partial charge in [-0.05, 0) is 81.3 Å². The number of piperidine rings is 1. The highest BCUT2D eigenvalue weighted by atomic mass is 19.1. The minimum Gasteiger partial charge on any atom is -0.482 e. The summed E-state index contributed by atoms with van der Waals surface area (Å²) in [5, 5.41) is 3.05. The van der Waals surface area contributed by atoms with E-state index in [0.717, 1.165) is 50.8 Å². The number of likely N-dealkylation sites (tertiary alicyclic amines) is 1. The minimum atomic E-state index is -0.301. The number of morpholine rings is 1. The first-order chi connectivity index (χ1) is 19.5. The van der Waals surface area contributed by atoms with Gasteiger partial charge in [0.2, 0.25) is 0 Å². The van der Waals surface area contributed by atoms with Crippen LogP contribution in [0.15, 0.2) is 54.3 Å². The van der Waals surface area contributed by atoms with E-state index in [4.69, 9.17) is 4.74 Å². The van der Waals surface area contributed by atoms with Crippen LogP contribution in [0.5, 0.6) is 0 Å². The molecule has 0 radical (unpaired) electrons. The van der Waals surface area contributed by atoms with Crippen molar-refractivity contribution >= 4 is 17.9 Å². The Morgan fingerprint density at radius 1 is 1.05 bits per heavy atom. The number of halogens is 1. The summed E-state index contributed by atoms with van der Waals surface area (Å²) in [6.45, 7) is 5.33. The van der Waals surface area contributed by atoms with E-state index in [1.807, 2.05) is 12.1 Å². The van der Waals surface area contributed by atoms with Crippen molar-refractivity contribution in [2.45, 2.75) is 89.4 Å². The number of carbonyl (C=O) groups is 2. The number of fused-ring (bicyclic) bond motifs is 1. The molecule has 1 saturated carbocycles. The molecule has 2 aromatic rings. The lowest BCUT2D eigenvalue weighted by Crippen LogP contribution is -2.54. The number of rotatable bonds is 9. The topological polar surface area (TPSA) is 61.9 Å². The molecule has 2 saturated heterocycles. The smallest absolute Gasteiger partial charge is 0.289 e. The second-order valence-corrected chi connectivity index (χ2v) is 11.4. The van der Waals surface area contributed by atoms with Crippen LogP contribution in [-0.2, 0) is 16.1 Å². The molecule has 3 unspecified atom stereocenters. The highest BCUT2D eigenvalue weighted by Crippen LogP contribution is 2.34. The highest BCUT2D eigenvalue weighted by molar-refractivity contribution is 5.97. The zero-order valence-corrected chi connectivity index (χ0v) is 23.6. The molecule has 3 fully saturated rings. The van der Waals surface area contributed by atoms with Crippen LogP contribution in [0.3, 0.4) is 0 Å². The molecule has 0 bridgehead atoms. The van der Waals surface area contributed by atoms with Crippen molar-refractivity contribution in [1.29, 1.82) is 0 Å². The first kappa shape index (κ1) is 28.3. The van der Waals surface area contributed by atoms with Gasteiger partial charge in [-0.15, -0.1) is 0 Å². The first-order valence-electron chi connectivity index (χ1n) is 15.1. The molecule has 214 valence electrons. The summed E-state index contributed by atoms with van der Waals surface area (Å²) in [7, 11) is 0. The van der Waals surface area contributed by atoms with Crippen LogP contribution in [0.25, 0.3) is 6.08 Å². The van der Waals surface area contributed by atoms with Crippen LogP contribution in [0.2, 0.25) is 0 Å². The monoisotopic (exact) mass is 547 g/mol. The fraction of sp³-hybridized carbons (Fsp3) is 0.515. The predicted molar refractivity (Wildman–Crippen MR) is 155 cm³/mol. The number of hydrogen-bond donors (Lipinski definition) is 1. The Kier molecular flexibility index (Phi) is 9.53. The Morgan fingerprint density at radius 2 is 1.82 bits per heavy atom. The van der Waals surface area contributed by atoms with Crippen LogP contribution in [0.4, 0.5) is 4.39 Å². The van der Waals surface area contributed by atoms with Crippen LogP contribution in [-0.4, -0.2) is 59.4 Å². The van der Waals surface area contributed by atoms with Gasteiger partial charge in [-0.1, -0.05) is 50.1 Å². The maximum atomic E-state index is 14.4. The molecule has 0 aromatic heterocycles. The van der Waals surface area contributed by atoms with Crippen LogP contribution in [0, 0.1) is 5.82 Å². The number of nitrogens with one attached hydrogen (secondary N) is 1. The Morgan fingerprint density at radius 3 is 2.62 bits per heavy atom. The molecule has 1 N–H and O–H groups in total. The van der Waals surface area contributed by atoms with Crippen molar-refractivity contribution < 1.29 is 18.7 Å². The SMILES string of the molecule is CCC1CCCCN1CCCNC(=O)c1ccc(/C=C2\OC3CCCCC3N(Cc3ccccc3F)C2=O)cc1. The van der Waals surface area contributed by atoms with E-state index in [1.165, 1.54) is 31.7 Å². The molecule has 1 aliphatic carbocycles. The molecule has 2 amide bonds. The van der Waals surface area contributed by atoms with Gasteiger partial charge in [0.15, 0.2) is 5.76 Å². The Bertz CT molecular complexity index is 1200. The van der Waals surface area contributed by atoms with Gasteiger partial charge < -0.3 is 19.9 Å². The van der Waals surface area contributed by atoms with E-state index >= 15 is 0 Å².